The Kier molecular flexibility index (Phi) is 4.50. The second-order valence-corrected chi connectivity index (χ2v) is 6.04. The average Bonchev–Trinajstić information content (AvgIpc) is 2.43. The summed E-state index contributed by atoms with van der Waals surface area (Å²) in [5.74, 6) is 0.623. The van der Waals surface area contributed by atoms with Crippen LogP contribution in [0.15, 0.2) is 18.2 Å². The van der Waals surface area contributed by atoms with Gasteiger partial charge >= 0.3 is 0 Å². The van der Waals surface area contributed by atoms with Crippen molar-refractivity contribution in [1.29, 1.82) is 0 Å². The lowest BCUT2D eigenvalue weighted by Crippen LogP contribution is -2.45. The summed E-state index contributed by atoms with van der Waals surface area (Å²) in [6.07, 6.45) is 3.55. The van der Waals surface area contributed by atoms with Crippen LogP contribution in [0.3, 0.4) is 0 Å². The Labute approximate surface area is 123 Å². The molecule has 1 aromatic carbocycles. The molecule has 0 aromatic heterocycles. The van der Waals surface area contributed by atoms with Crippen LogP contribution in [0.5, 0.6) is 0 Å². The Morgan fingerprint density at radius 3 is 2.70 bits per heavy atom. The number of nitrogens with zero attached hydrogens (tertiary/aromatic N) is 1. The monoisotopic (exact) mass is 298 g/mol. The van der Waals surface area contributed by atoms with E-state index in [1.807, 2.05) is 0 Å². The van der Waals surface area contributed by atoms with Gasteiger partial charge in [-0.3, -0.25) is 10.1 Å². The van der Waals surface area contributed by atoms with E-state index < -0.39 is 10.5 Å². The number of nitro benzene ring substituents is 1. The molecule has 0 atom stereocenters. The predicted molar refractivity (Wildman–Crippen MR) is 79.2 cm³/mol. The molecule has 0 radical (unpaired) electrons. The largest absolute Gasteiger partial charge is 0.394 e. The molecular formula is C14H19ClN2O3. The van der Waals surface area contributed by atoms with Crippen LogP contribution < -0.4 is 5.32 Å². The maximum absolute atomic E-state index is 11.1. The first kappa shape index (κ1) is 15.1. The second-order valence-electron chi connectivity index (χ2n) is 5.64. The predicted octanol–water partition coefficient (Wildman–Crippen LogP) is 3.60. The lowest BCUT2D eigenvalue weighted by molar-refractivity contribution is -0.384. The van der Waals surface area contributed by atoms with Crippen molar-refractivity contribution < 1.29 is 10.0 Å². The molecule has 1 fully saturated rings. The van der Waals surface area contributed by atoms with Crippen molar-refractivity contribution in [1.82, 2.24) is 0 Å². The number of para-hydroxylation sites is 1. The topological polar surface area (TPSA) is 75.4 Å². The van der Waals surface area contributed by atoms with Gasteiger partial charge in [-0.05, 0) is 37.7 Å². The highest BCUT2D eigenvalue weighted by Crippen LogP contribution is 2.39. The maximum Gasteiger partial charge on any atom is 0.293 e. The molecule has 0 aliphatic heterocycles. The molecule has 2 N–H and O–H groups in total. The van der Waals surface area contributed by atoms with Crippen LogP contribution in [0, 0.1) is 16.0 Å². The fourth-order valence-corrected chi connectivity index (χ4v) is 2.91. The minimum absolute atomic E-state index is 0.0519. The first-order valence-corrected chi connectivity index (χ1v) is 7.17. The molecule has 1 saturated carbocycles. The molecule has 1 aliphatic carbocycles. The number of benzene rings is 1. The first-order valence-electron chi connectivity index (χ1n) is 6.79. The van der Waals surface area contributed by atoms with Crippen LogP contribution in [0.2, 0.25) is 5.02 Å². The second kappa shape index (κ2) is 5.97. The number of aliphatic hydroxyl groups is 1. The molecule has 20 heavy (non-hydrogen) atoms. The highest BCUT2D eigenvalue weighted by molar-refractivity contribution is 6.33. The zero-order chi connectivity index (χ0) is 14.8. The van der Waals surface area contributed by atoms with Crippen LogP contribution >= 0.6 is 11.6 Å². The number of halogens is 1. The molecule has 0 unspecified atom stereocenters. The number of nitrogens with one attached hydrogen (secondary N) is 1. The fraction of sp³-hybridized carbons (Fsp3) is 0.571. The number of hydrogen-bond donors (Lipinski definition) is 2. The van der Waals surface area contributed by atoms with Crippen LogP contribution in [0.25, 0.3) is 0 Å². The van der Waals surface area contributed by atoms with Crippen molar-refractivity contribution in [3.63, 3.8) is 0 Å². The van der Waals surface area contributed by atoms with E-state index in [1.54, 1.807) is 12.1 Å². The molecule has 1 aliphatic rings. The lowest BCUT2D eigenvalue weighted by Gasteiger charge is -2.39. The molecule has 110 valence electrons. The van der Waals surface area contributed by atoms with Gasteiger partial charge < -0.3 is 10.4 Å². The molecular weight excluding hydrogens is 280 g/mol. The van der Waals surface area contributed by atoms with Gasteiger partial charge in [0, 0.05) is 6.07 Å². The standard InChI is InChI=1S/C14H19ClN2O3/c1-10-5-7-14(9-18,8-6-10)16-13-11(15)3-2-4-12(13)17(19)20/h2-4,10,16,18H,5-9H2,1H3. The molecule has 0 spiro atoms. The van der Waals surface area contributed by atoms with Gasteiger partial charge in [0.15, 0.2) is 0 Å². The van der Waals surface area contributed by atoms with Crippen molar-refractivity contribution >= 4 is 23.0 Å². The summed E-state index contributed by atoms with van der Waals surface area (Å²) in [7, 11) is 0. The van der Waals surface area contributed by atoms with Gasteiger partial charge in [0.25, 0.3) is 5.69 Å². The SMILES string of the molecule is CC1CCC(CO)(Nc2c(Cl)cccc2[N+](=O)[O-])CC1. The molecule has 5 nitrogen and oxygen atoms in total. The van der Waals surface area contributed by atoms with Crippen LogP contribution in [-0.2, 0) is 0 Å². The van der Waals surface area contributed by atoms with Crippen molar-refractivity contribution in [3.8, 4) is 0 Å². The minimum atomic E-state index is -0.512. The third-order valence-electron chi connectivity index (χ3n) is 4.11. The zero-order valence-corrected chi connectivity index (χ0v) is 12.2. The van der Waals surface area contributed by atoms with Crippen molar-refractivity contribution in [3.05, 3.63) is 33.3 Å². The summed E-state index contributed by atoms with van der Waals surface area (Å²) in [5.41, 5.74) is -0.255. The summed E-state index contributed by atoms with van der Waals surface area (Å²) in [6.45, 7) is 2.13. The van der Waals surface area contributed by atoms with Gasteiger partial charge in [-0.25, -0.2) is 0 Å². The Bertz CT molecular complexity index is 499. The highest BCUT2D eigenvalue weighted by atomic mass is 35.5. The number of rotatable bonds is 4. The Hall–Kier alpha value is -1.33. The quantitative estimate of drug-likeness (QED) is 0.658. The molecule has 1 aromatic rings. The summed E-state index contributed by atoms with van der Waals surface area (Å²) in [6, 6.07) is 4.60. The van der Waals surface area contributed by atoms with Crippen LogP contribution in [0.4, 0.5) is 11.4 Å². The number of hydrogen-bond acceptors (Lipinski definition) is 4. The van der Waals surface area contributed by atoms with E-state index in [4.69, 9.17) is 11.6 Å². The molecule has 0 amide bonds. The Balaban J connectivity index is 2.30. The Morgan fingerprint density at radius 2 is 2.15 bits per heavy atom. The van der Waals surface area contributed by atoms with Crippen molar-refractivity contribution in [2.45, 2.75) is 38.1 Å². The van der Waals surface area contributed by atoms with E-state index in [9.17, 15) is 15.2 Å². The van der Waals surface area contributed by atoms with E-state index in [0.29, 0.717) is 16.6 Å². The summed E-state index contributed by atoms with van der Waals surface area (Å²) < 4.78 is 0. The van der Waals surface area contributed by atoms with Gasteiger partial charge in [0.05, 0.1) is 22.1 Å². The highest BCUT2D eigenvalue weighted by Gasteiger charge is 2.35. The molecule has 2 rings (SSSR count). The minimum Gasteiger partial charge on any atom is -0.394 e. The van der Waals surface area contributed by atoms with Gasteiger partial charge in [-0.15, -0.1) is 0 Å². The molecule has 0 bridgehead atoms. The Morgan fingerprint density at radius 1 is 1.50 bits per heavy atom. The normalized spacial score (nSPS) is 26.2. The van der Waals surface area contributed by atoms with E-state index in [0.717, 1.165) is 25.7 Å². The molecule has 0 saturated heterocycles. The first-order chi connectivity index (χ1) is 9.47. The summed E-state index contributed by atoms with van der Waals surface area (Å²) >= 11 is 6.09. The molecule has 0 heterocycles. The van der Waals surface area contributed by atoms with Gasteiger partial charge in [0.2, 0.25) is 0 Å². The molecule has 6 heteroatoms. The average molecular weight is 299 g/mol. The van der Waals surface area contributed by atoms with Gasteiger partial charge in [-0.1, -0.05) is 24.6 Å². The number of aliphatic hydroxyl groups excluding tert-OH is 1. The summed E-state index contributed by atoms with van der Waals surface area (Å²) in [5, 5.41) is 24.3. The zero-order valence-electron chi connectivity index (χ0n) is 11.4. The van der Waals surface area contributed by atoms with Gasteiger partial charge in [0.1, 0.15) is 5.69 Å². The van der Waals surface area contributed by atoms with Crippen molar-refractivity contribution in [2.75, 3.05) is 11.9 Å². The smallest absolute Gasteiger partial charge is 0.293 e. The van der Waals surface area contributed by atoms with E-state index in [1.165, 1.54) is 6.07 Å². The number of anilines is 1. The maximum atomic E-state index is 11.1. The summed E-state index contributed by atoms with van der Waals surface area (Å²) in [4.78, 5) is 10.7. The fourth-order valence-electron chi connectivity index (χ4n) is 2.69. The third kappa shape index (κ3) is 3.04. The van der Waals surface area contributed by atoms with Crippen molar-refractivity contribution in [2.24, 2.45) is 5.92 Å². The van der Waals surface area contributed by atoms with Crippen LogP contribution in [0.1, 0.15) is 32.6 Å². The van der Waals surface area contributed by atoms with Gasteiger partial charge in [-0.2, -0.15) is 0 Å². The lowest BCUT2D eigenvalue weighted by atomic mass is 9.77. The number of nitro groups is 1. The van der Waals surface area contributed by atoms with E-state index >= 15 is 0 Å². The van der Waals surface area contributed by atoms with E-state index in [2.05, 4.69) is 12.2 Å². The van der Waals surface area contributed by atoms with E-state index in [-0.39, 0.29) is 12.3 Å². The third-order valence-corrected chi connectivity index (χ3v) is 4.43. The van der Waals surface area contributed by atoms with Crippen LogP contribution in [-0.4, -0.2) is 22.2 Å².